The van der Waals surface area contributed by atoms with Crippen LogP contribution in [0.5, 0.6) is 0 Å². The summed E-state index contributed by atoms with van der Waals surface area (Å²) in [7, 11) is 0. The molecule has 1 aliphatic heterocycles. The van der Waals surface area contributed by atoms with Gasteiger partial charge in [-0.1, -0.05) is 13.0 Å². The SMILES string of the molecule is CCNc1ccc2c(c1)N(C(=O)CC)CCC2. The fraction of sp³-hybridized carbons (Fsp3) is 0.500. The summed E-state index contributed by atoms with van der Waals surface area (Å²) in [5.41, 5.74) is 3.49. The summed E-state index contributed by atoms with van der Waals surface area (Å²) in [6.07, 6.45) is 2.72. The number of carbonyl (C=O) groups excluding carboxylic acids is 1. The lowest BCUT2D eigenvalue weighted by molar-refractivity contribution is -0.118. The van der Waals surface area contributed by atoms with Crippen LogP contribution in [0.4, 0.5) is 11.4 Å². The molecular formula is C14H20N2O. The van der Waals surface area contributed by atoms with Crippen molar-refractivity contribution in [1.82, 2.24) is 0 Å². The predicted molar refractivity (Wildman–Crippen MR) is 71.6 cm³/mol. The highest BCUT2D eigenvalue weighted by atomic mass is 16.2. The Labute approximate surface area is 103 Å². The van der Waals surface area contributed by atoms with E-state index in [1.165, 1.54) is 5.56 Å². The van der Waals surface area contributed by atoms with Crippen LogP contribution in [0.1, 0.15) is 32.3 Å². The number of aryl methyl sites for hydroxylation is 1. The number of nitrogens with one attached hydrogen (secondary N) is 1. The van der Waals surface area contributed by atoms with Crippen LogP contribution in [0.15, 0.2) is 18.2 Å². The van der Waals surface area contributed by atoms with Gasteiger partial charge in [-0.3, -0.25) is 4.79 Å². The maximum absolute atomic E-state index is 11.9. The Morgan fingerprint density at radius 3 is 2.94 bits per heavy atom. The summed E-state index contributed by atoms with van der Waals surface area (Å²) in [6, 6.07) is 6.34. The minimum Gasteiger partial charge on any atom is -0.385 e. The van der Waals surface area contributed by atoms with Gasteiger partial charge in [0.2, 0.25) is 5.91 Å². The van der Waals surface area contributed by atoms with Gasteiger partial charge in [-0.15, -0.1) is 0 Å². The number of rotatable bonds is 3. The zero-order valence-electron chi connectivity index (χ0n) is 10.6. The van der Waals surface area contributed by atoms with Gasteiger partial charge in [0.05, 0.1) is 0 Å². The quantitative estimate of drug-likeness (QED) is 0.869. The van der Waals surface area contributed by atoms with Crippen molar-refractivity contribution in [1.29, 1.82) is 0 Å². The summed E-state index contributed by atoms with van der Waals surface area (Å²) >= 11 is 0. The highest BCUT2D eigenvalue weighted by Crippen LogP contribution is 2.30. The Balaban J connectivity index is 2.33. The van der Waals surface area contributed by atoms with Gasteiger partial charge in [0, 0.05) is 30.9 Å². The van der Waals surface area contributed by atoms with Gasteiger partial charge in [-0.2, -0.15) is 0 Å². The first-order chi connectivity index (χ1) is 8.26. The van der Waals surface area contributed by atoms with Crippen molar-refractivity contribution in [2.45, 2.75) is 33.1 Å². The van der Waals surface area contributed by atoms with E-state index < -0.39 is 0 Å². The number of nitrogens with zero attached hydrogens (tertiary/aromatic N) is 1. The maximum atomic E-state index is 11.9. The summed E-state index contributed by atoms with van der Waals surface area (Å²) in [6.45, 7) is 5.76. The Morgan fingerprint density at radius 2 is 2.24 bits per heavy atom. The van der Waals surface area contributed by atoms with Gasteiger partial charge in [0.1, 0.15) is 0 Å². The second-order valence-electron chi connectivity index (χ2n) is 4.38. The Morgan fingerprint density at radius 1 is 1.41 bits per heavy atom. The number of benzene rings is 1. The molecule has 0 saturated heterocycles. The van der Waals surface area contributed by atoms with Crippen LogP contribution in [-0.2, 0) is 11.2 Å². The molecular weight excluding hydrogens is 212 g/mol. The van der Waals surface area contributed by atoms with E-state index in [9.17, 15) is 4.79 Å². The average molecular weight is 232 g/mol. The minimum absolute atomic E-state index is 0.222. The standard InChI is InChI=1S/C14H20N2O/c1-3-14(17)16-9-5-6-11-7-8-12(15-4-2)10-13(11)16/h7-8,10,15H,3-6,9H2,1-2H3. The van der Waals surface area contributed by atoms with Crippen molar-refractivity contribution >= 4 is 17.3 Å². The molecule has 1 heterocycles. The molecule has 0 atom stereocenters. The molecule has 2 rings (SSSR count). The molecule has 0 aliphatic carbocycles. The number of carbonyl (C=O) groups is 1. The predicted octanol–water partition coefficient (Wildman–Crippen LogP) is 2.81. The molecule has 3 nitrogen and oxygen atoms in total. The van der Waals surface area contributed by atoms with Crippen LogP contribution in [-0.4, -0.2) is 19.0 Å². The molecule has 92 valence electrons. The van der Waals surface area contributed by atoms with Gasteiger partial charge >= 0.3 is 0 Å². The third-order valence-corrected chi connectivity index (χ3v) is 3.19. The van der Waals surface area contributed by atoms with Gasteiger partial charge in [-0.05, 0) is 37.5 Å². The van der Waals surface area contributed by atoms with Crippen LogP contribution in [0.3, 0.4) is 0 Å². The topological polar surface area (TPSA) is 32.3 Å². The number of amides is 1. The lowest BCUT2D eigenvalue weighted by Gasteiger charge is -2.29. The number of hydrogen-bond donors (Lipinski definition) is 1. The molecule has 3 heteroatoms. The second kappa shape index (κ2) is 5.21. The summed E-state index contributed by atoms with van der Waals surface area (Å²) in [5.74, 6) is 0.222. The van der Waals surface area contributed by atoms with Crippen LogP contribution >= 0.6 is 0 Å². The Kier molecular flexibility index (Phi) is 3.67. The van der Waals surface area contributed by atoms with Crippen LogP contribution < -0.4 is 10.2 Å². The molecule has 0 spiro atoms. The highest BCUT2D eigenvalue weighted by Gasteiger charge is 2.21. The van der Waals surface area contributed by atoms with E-state index in [1.54, 1.807) is 0 Å². The highest BCUT2D eigenvalue weighted by molar-refractivity contribution is 5.95. The first-order valence-corrected chi connectivity index (χ1v) is 6.43. The smallest absolute Gasteiger partial charge is 0.226 e. The van der Waals surface area contributed by atoms with Crippen molar-refractivity contribution < 1.29 is 4.79 Å². The summed E-state index contributed by atoms with van der Waals surface area (Å²) in [5, 5.41) is 3.30. The average Bonchev–Trinajstić information content (AvgIpc) is 2.37. The van der Waals surface area contributed by atoms with Crippen LogP contribution in [0.2, 0.25) is 0 Å². The Hall–Kier alpha value is -1.51. The number of anilines is 2. The normalized spacial score (nSPS) is 14.4. The molecule has 0 bridgehead atoms. The molecule has 0 aromatic heterocycles. The molecule has 0 radical (unpaired) electrons. The van der Waals surface area contributed by atoms with E-state index in [-0.39, 0.29) is 5.91 Å². The van der Waals surface area contributed by atoms with Crippen molar-refractivity contribution in [3.8, 4) is 0 Å². The molecule has 1 amide bonds. The number of hydrogen-bond acceptors (Lipinski definition) is 2. The van der Waals surface area contributed by atoms with Gasteiger partial charge in [0.15, 0.2) is 0 Å². The molecule has 0 fully saturated rings. The van der Waals surface area contributed by atoms with Crippen LogP contribution in [0, 0.1) is 0 Å². The first-order valence-electron chi connectivity index (χ1n) is 6.43. The van der Waals surface area contributed by atoms with E-state index in [0.29, 0.717) is 6.42 Å². The van der Waals surface area contributed by atoms with Gasteiger partial charge in [-0.25, -0.2) is 0 Å². The van der Waals surface area contributed by atoms with Crippen molar-refractivity contribution in [3.05, 3.63) is 23.8 Å². The fourth-order valence-electron chi connectivity index (χ4n) is 2.34. The van der Waals surface area contributed by atoms with E-state index >= 15 is 0 Å². The molecule has 0 unspecified atom stereocenters. The first kappa shape index (κ1) is 12.0. The molecule has 1 aromatic rings. The van der Waals surface area contributed by atoms with Crippen LogP contribution in [0.25, 0.3) is 0 Å². The lowest BCUT2D eigenvalue weighted by Crippen LogP contribution is -2.34. The van der Waals surface area contributed by atoms with Gasteiger partial charge < -0.3 is 10.2 Å². The van der Waals surface area contributed by atoms with E-state index in [0.717, 1.165) is 37.3 Å². The molecule has 1 aliphatic rings. The molecule has 0 saturated carbocycles. The summed E-state index contributed by atoms with van der Waals surface area (Å²) < 4.78 is 0. The third kappa shape index (κ3) is 2.43. The lowest BCUT2D eigenvalue weighted by atomic mass is 10.0. The van der Waals surface area contributed by atoms with E-state index in [1.807, 2.05) is 11.8 Å². The number of fused-ring (bicyclic) bond motifs is 1. The second-order valence-corrected chi connectivity index (χ2v) is 4.38. The largest absolute Gasteiger partial charge is 0.385 e. The van der Waals surface area contributed by atoms with Crippen molar-refractivity contribution in [3.63, 3.8) is 0 Å². The molecule has 17 heavy (non-hydrogen) atoms. The van der Waals surface area contributed by atoms with Gasteiger partial charge in [0.25, 0.3) is 0 Å². The third-order valence-electron chi connectivity index (χ3n) is 3.19. The zero-order chi connectivity index (χ0) is 12.3. The van der Waals surface area contributed by atoms with E-state index in [4.69, 9.17) is 0 Å². The van der Waals surface area contributed by atoms with Crippen molar-refractivity contribution in [2.75, 3.05) is 23.3 Å². The fourth-order valence-corrected chi connectivity index (χ4v) is 2.34. The van der Waals surface area contributed by atoms with Crippen molar-refractivity contribution in [2.24, 2.45) is 0 Å². The monoisotopic (exact) mass is 232 g/mol. The maximum Gasteiger partial charge on any atom is 0.226 e. The Bertz CT molecular complexity index is 415. The minimum atomic E-state index is 0.222. The summed E-state index contributed by atoms with van der Waals surface area (Å²) in [4.78, 5) is 13.8. The molecule has 1 aromatic carbocycles. The zero-order valence-corrected chi connectivity index (χ0v) is 10.6. The van der Waals surface area contributed by atoms with E-state index in [2.05, 4.69) is 30.4 Å². The molecule has 1 N–H and O–H groups in total.